The van der Waals surface area contributed by atoms with E-state index in [2.05, 4.69) is 25.5 Å². The second-order valence-electron chi connectivity index (χ2n) is 4.47. The Morgan fingerprint density at radius 1 is 1.10 bits per heavy atom. The van der Waals surface area contributed by atoms with Crippen LogP contribution in [0.2, 0.25) is 0 Å². The standard InChI is InChI=1S/C14H15N5S/c1-15-6-2-3-13-18-19-14(20-13)10-4-5-11-12(9-10)17-8-7-16-11/h4-5,7-9,15H,2-3,6H2,1H3. The third kappa shape index (κ3) is 2.81. The molecule has 5 nitrogen and oxygen atoms in total. The van der Waals surface area contributed by atoms with Crippen molar-refractivity contribution in [1.29, 1.82) is 0 Å². The minimum absolute atomic E-state index is 0.886. The highest BCUT2D eigenvalue weighted by atomic mass is 32.1. The van der Waals surface area contributed by atoms with Gasteiger partial charge in [-0.05, 0) is 38.2 Å². The summed E-state index contributed by atoms with van der Waals surface area (Å²) in [5.74, 6) is 0. The van der Waals surface area contributed by atoms with Gasteiger partial charge in [0, 0.05) is 24.4 Å². The molecule has 0 saturated carbocycles. The zero-order chi connectivity index (χ0) is 13.8. The molecule has 3 rings (SSSR count). The molecule has 2 aromatic heterocycles. The number of fused-ring (bicyclic) bond motifs is 1. The number of hydrogen-bond acceptors (Lipinski definition) is 6. The van der Waals surface area contributed by atoms with Crippen LogP contribution in [0.15, 0.2) is 30.6 Å². The number of hydrogen-bond donors (Lipinski definition) is 1. The van der Waals surface area contributed by atoms with Crippen LogP contribution in [0, 0.1) is 0 Å². The molecule has 0 atom stereocenters. The van der Waals surface area contributed by atoms with Crippen molar-refractivity contribution in [2.24, 2.45) is 0 Å². The van der Waals surface area contributed by atoms with Crippen molar-refractivity contribution in [3.8, 4) is 10.6 Å². The number of rotatable bonds is 5. The van der Waals surface area contributed by atoms with Gasteiger partial charge in [0.15, 0.2) is 0 Å². The summed E-state index contributed by atoms with van der Waals surface area (Å²) in [6.45, 7) is 1.00. The van der Waals surface area contributed by atoms with E-state index in [0.29, 0.717) is 0 Å². The van der Waals surface area contributed by atoms with Gasteiger partial charge in [0.25, 0.3) is 0 Å². The summed E-state index contributed by atoms with van der Waals surface area (Å²) in [4.78, 5) is 8.59. The molecule has 0 spiro atoms. The Morgan fingerprint density at radius 2 is 1.95 bits per heavy atom. The topological polar surface area (TPSA) is 63.6 Å². The van der Waals surface area contributed by atoms with Crippen LogP contribution in [0.3, 0.4) is 0 Å². The molecule has 0 fully saturated rings. The number of aromatic nitrogens is 4. The molecule has 0 amide bonds. The number of nitrogens with zero attached hydrogens (tertiary/aromatic N) is 4. The van der Waals surface area contributed by atoms with Crippen LogP contribution in [0.5, 0.6) is 0 Å². The molecule has 0 aliphatic rings. The van der Waals surface area contributed by atoms with Crippen LogP contribution in [0.1, 0.15) is 11.4 Å². The van der Waals surface area contributed by atoms with Crippen LogP contribution in [0.4, 0.5) is 0 Å². The number of nitrogens with one attached hydrogen (secondary N) is 1. The average molecular weight is 285 g/mol. The highest BCUT2D eigenvalue weighted by Crippen LogP contribution is 2.26. The Kier molecular flexibility index (Phi) is 3.94. The molecular formula is C14H15N5S. The molecule has 0 aliphatic carbocycles. The molecule has 0 unspecified atom stereocenters. The van der Waals surface area contributed by atoms with E-state index in [0.717, 1.165) is 46.0 Å². The van der Waals surface area contributed by atoms with E-state index in [1.807, 2.05) is 25.2 Å². The Labute approximate surface area is 121 Å². The third-order valence-corrected chi connectivity index (χ3v) is 4.03. The Bertz CT molecular complexity index is 709. The van der Waals surface area contributed by atoms with Gasteiger partial charge in [0.1, 0.15) is 10.0 Å². The van der Waals surface area contributed by atoms with Crippen molar-refractivity contribution in [3.05, 3.63) is 35.6 Å². The van der Waals surface area contributed by atoms with Crippen LogP contribution < -0.4 is 5.32 Å². The molecule has 0 aliphatic heterocycles. The zero-order valence-electron chi connectivity index (χ0n) is 11.2. The predicted octanol–water partition coefficient (Wildman–Crippen LogP) is 2.30. The van der Waals surface area contributed by atoms with Crippen molar-refractivity contribution in [2.75, 3.05) is 13.6 Å². The van der Waals surface area contributed by atoms with Crippen LogP contribution >= 0.6 is 11.3 Å². The first-order valence-electron chi connectivity index (χ1n) is 6.55. The second kappa shape index (κ2) is 6.02. The van der Waals surface area contributed by atoms with Gasteiger partial charge in [0.05, 0.1) is 11.0 Å². The van der Waals surface area contributed by atoms with E-state index in [4.69, 9.17) is 0 Å². The van der Waals surface area contributed by atoms with Gasteiger partial charge in [0.2, 0.25) is 0 Å². The van der Waals surface area contributed by atoms with Crippen LogP contribution in [-0.2, 0) is 6.42 Å². The van der Waals surface area contributed by atoms with Crippen molar-refractivity contribution >= 4 is 22.4 Å². The number of aryl methyl sites for hydroxylation is 1. The van der Waals surface area contributed by atoms with Gasteiger partial charge in [-0.15, -0.1) is 10.2 Å². The lowest BCUT2D eigenvalue weighted by Gasteiger charge is -1.98. The summed E-state index contributed by atoms with van der Waals surface area (Å²) >= 11 is 1.65. The van der Waals surface area contributed by atoms with Gasteiger partial charge in [-0.1, -0.05) is 11.3 Å². The predicted molar refractivity (Wildman–Crippen MR) is 80.7 cm³/mol. The summed E-state index contributed by atoms with van der Waals surface area (Å²) < 4.78 is 0. The van der Waals surface area contributed by atoms with Crippen LogP contribution in [-0.4, -0.2) is 33.8 Å². The molecule has 0 radical (unpaired) electrons. The third-order valence-electron chi connectivity index (χ3n) is 3.00. The maximum atomic E-state index is 4.32. The van der Waals surface area contributed by atoms with Crippen molar-refractivity contribution in [3.63, 3.8) is 0 Å². The van der Waals surface area contributed by atoms with Crippen molar-refractivity contribution in [2.45, 2.75) is 12.8 Å². The maximum Gasteiger partial charge on any atom is 0.147 e. The molecule has 2 heterocycles. The lowest BCUT2D eigenvalue weighted by atomic mass is 10.2. The van der Waals surface area contributed by atoms with Crippen LogP contribution in [0.25, 0.3) is 21.6 Å². The normalized spacial score (nSPS) is 11.1. The fourth-order valence-corrected chi connectivity index (χ4v) is 2.86. The summed E-state index contributed by atoms with van der Waals surface area (Å²) in [6, 6.07) is 6.01. The van der Waals surface area contributed by atoms with Crippen molar-refractivity contribution in [1.82, 2.24) is 25.5 Å². The highest BCUT2D eigenvalue weighted by Gasteiger charge is 2.07. The van der Waals surface area contributed by atoms with E-state index in [1.54, 1.807) is 23.7 Å². The van der Waals surface area contributed by atoms with Gasteiger partial charge in [-0.3, -0.25) is 9.97 Å². The Balaban J connectivity index is 1.83. The fraction of sp³-hybridized carbons (Fsp3) is 0.286. The largest absolute Gasteiger partial charge is 0.320 e. The Morgan fingerprint density at radius 3 is 2.80 bits per heavy atom. The monoisotopic (exact) mass is 285 g/mol. The molecule has 6 heteroatoms. The molecule has 1 aromatic carbocycles. The molecule has 0 bridgehead atoms. The van der Waals surface area contributed by atoms with E-state index in [-0.39, 0.29) is 0 Å². The summed E-state index contributed by atoms with van der Waals surface area (Å²) in [6.07, 6.45) is 5.45. The maximum absolute atomic E-state index is 4.32. The average Bonchev–Trinajstić information content (AvgIpc) is 2.96. The van der Waals surface area contributed by atoms with Gasteiger partial charge in [-0.2, -0.15) is 0 Å². The molecule has 20 heavy (non-hydrogen) atoms. The summed E-state index contributed by atoms with van der Waals surface area (Å²) in [5.41, 5.74) is 2.84. The first-order chi connectivity index (χ1) is 9.86. The number of benzene rings is 1. The zero-order valence-corrected chi connectivity index (χ0v) is 12.0. The highest BCUT2D eigenvalue weighted by molar-refractivity contribution is 7.14. The molecule has 0 saturated heterocycles. The van der Waals surface area contributed by atoms with E-state index in [1.165, 1.54) is 0 Å². The SMILES string of the molecule is CNCCCc1nnc(-c2ccc3nccnc3c2)s1. The van der Waals surface area contributed by atoms with Gasteiger partial charge < -0.3 is 5.32 Å². The molecule has 3 aromatic rings. The van der Waals surface area contributed by atoms with E-state index < -0.39 is 0 Å². The van der Waals surface area contributed by atoms with Gasteiger partial charge in [-0.25, -0.2) is 0 Å². The molecule has 102 valence electrons. The first kappa shape index (κ1) is 13.1. The second-order valence-corrected chi connectivity index (χ2v) is 5.53. The lowest BCUT2D eigenvalue weighted by molar-refractivity contribution is 0.718. The van der Waals surface area contributed by atoms with E-state index >= 15 is 0 Å². The minimum Gasteiger partial charge on any atom is -0.320 e. The minimum atomic E-state index is 0.886. The first-order valence-corrected chi connectivity index (χ1v) is 7.36. The quantitative estimate of drug-likeness (QED) is 0.729. The lowest BCUT2D eigenvalue weighted by Crippen LogP contribution is -2.08. The fourth-order valence-electron chi connectivity index (χ4n) is 1.98. The smallest absolute Gasteiger partial charge is 0.147 e. The van der Waals surface area contributed by atoms with Gasteiger partial charge >= 0.3 is 0 Å². The van der Waals surface area contributed by atoms with E-state index in [9.17, 15) is 0 Å². The molecular weight excluding hydrogens is 270 g/mol. The summed E-state index contributed by atoms with van der Waals surface area (Å²) in [7, 11) is 1.96. The summed E-state index contributed by atoms with van der Waals surface area (Å²) in [5, 5.41) is 13.7. The Hall–Kier alpha value is -1.92. The molecule has 1 N–H and O–H groups in total. The van der Waals surface area contributed by atoms with Crippen molar-refractivity contribution < 1.29 is 0 Å².